The Morgan fingerprint density at radius 2 is 2.25 bits per heavy atom. The third-order valence-electron chi connectivity index (χ3n) is 2.50. The van der Waals surface area contributed by atoms with Crippen LogP contribution in [0.15, 0.2) is 34.8 Å². The highest BCUT2D eigenvalue weighted by molar-refractivity contribution is 9.10. The molecule has 1 atom stereocenters. The molecule has 0 aliphatic rings. The predicted octanol–water partition coefficient (Wildman–Crippen LogP) is 2.07. The minimum Gasteiger partial charge on any atom is -0.480 e. The fraction of sp³-hybridized carbons (Fsp3) is 0.286. The van der Waals surface area contributed by atoms with Gasteiger partial charge < -0.3 is 15.2 Å². The number of nitrogens with one attached hydrogen (secondary N) is 1. The summed E-state index contributed by atoms with van der Waals surface area (Å²) < 4.78 is 5.71. The van der Waals surface area contributed by atoms with Crippen LogP contribution >= 0.6 is 15.9 Å². The highest BCUT2D eigenvalue weighted by Gasteiger charge is 2.18. The molecular weight excluding hydrogens is 326 g/mol. The molecule has 20 heavy (non-hydrogen) atoms. The maximum Gasteiger partial charge on any atom is 0.326 e. The molecule has 0 aliphatic carbocycles. The Balaban J connectivity index is 2.59. The predicted molar refractivity (Wildman–Crippen MR) is 79.2 cm³/mol. The van der Waals surface area contributed by atoms with E-state index in [1.807, 2.05) is 24.3 Å². The molecule has 0 spiro atoms. The SMILES string of the molecule is COCCC(NC(=O)C=Cc1cccc(Br)c1)C(=O)O. The molecule has 1 rings (SSSR count). The van der Waals surface area contributed by atoms with Crippen molar-refractivity contribution in [2.45, 2.75) is 12.5 Å². The number of methoxy groups -OCH3 is 1. The van der Waals surface area contributed by atoms with Crippen molar-refractivity contribution >= 4 is 33.9 Å². The summed E-state index contributed by atoms with van der Waals surface area (Å²) in [5, 5.41) is 11.4. The fourth-order valence-electron chi connectivity index (χ4n) is 1.50. The van der Waals surface area contributed by atoms with E-state index in [9.17, 15) is 9.59 Å². The van der Waals surface area contributed by atoms with Crippen LogP contribution in [0.3, 0.4) is 0 Å². The van der Waals surface area contributed by atoms with Gasteiger partial charge in [-0.15, -0.1) is 0 Å². The van der Waals surface area contributed by atoms with Gasteiger partial charge in [-0.3, -0.25) is 4.79 Å². The summed E-state index contributed by atoms with van der Waals surface area (Å²) in [7, 11) is 1.48. The van der Waals surface area contributed by atoms with Gasteiger partial charge in [-0.05, 0) is 23.8 Å². The first-order valence-electron chi connectivity index (χ1n) is 5.99. The first-order chi connectivity index (χ1) is 9.52. The van der Waals surface area contributed by atoms with Crippen molar-refractivity contribution in [2.75, 3.05) is 13.7 Å². The zero-order chi connectivity index (χ0) is 15.0. The minimum absolute atomic E-state index is 0.225. The van der Waals surface area contributed by atoms with Crippen LogP contribution < -0.4 is 5.32 Å². The van der Waals surface area contributed by atoms with Crippen molar-refractivity contribution in [3.8, 4) is 0 Å². The summed E-state index contributed by atoms with van der Waals surface area (Å²) in [5.41, 5.74) is 0.846. The number of hydrogen-bond donors (Lipinski definition) is 2. The molecule has 108 valence electrons. The fourth-order valence-corrected chi connectivity index (χ4v) is 1.91. The summed E-state index contributed by atoms with van der Waals surface area (Å²) in [4.78, 5) is 22.6. The second kappa shape index (κ2) is 8.50. The van der Waals surface area contributed by atoms with E-state index in [0.29, 0.717) is 0 Å². The maximum atomic E-state index is 11.7. The smallest absolute Gasteiger partial charge is 0.326 e. The number of halogens is 1. The van der Waals surface area contributed by atoms with Gasteiger partial charge >= 0.3 is 5.97 Å². The number of aliphatic carboxylic acids is 1. The summed E-state index contributed by atoms with van der Waals surface area (Å²) in [6, 6.07) is 6.47. The first kappa shape index (κ1) is 16.4. The number of carbonyl (C=O) groups is 2. The van der Waals surface area contributed by atoms with Crippen LogP contribution in [0.4, 0.5) is 0 Å². The average molecular weight is 342 g/mol. The molecule has 0 aliphatic heterocycles. The molecular formula is C14H16BrNO4. The van der Waals surface area contributed by atoms with Crippen molar-refractivity contribution in [3.05, 3.63) is 40.4 Å². The van der Waals surface area contributed by atoms with Gasteiger partial charge in [0.1, 0.15) is 6.04 Å². The van der Waals surface area contributed by atoms with Crippen LogP contribution in [0, 0.1) is 0 Å². The van der Waals surface area contributed by atoms with Gasteiger partial charge in [0.25, 0.3) is 0 Å². The molecule has 6 heteroatoms. The van der Waals surface area contributed by atoms with E-state index < -0.39 is 17.9 Å². The Labute approximate surface area is 125 Å². The second-order valence-corrected chi connectivity index (χ2v) is 4.98. The number of carbonyl (C=O) groups excluding carboxylic acids is 1. The Bertz CT molecular complexity index is 502. The third-order valence-corrected chi connectivity index (χ3v) is 2.99. The summed E-state index contributed by atoms with van der Waals surface area (Å²) in [6.07, 6.45) is 3.15. The molecule has 1 aromatic carbocycles. The normalized spacial score (nSPS) is 12.3. The number of benzene rings is 1. The lowest BCUT2D eigenvalue weighted by molar-refractivity contribution is -0.141. The van der Waals surface area contributed by atoms with Crippen LogP contribution in [-0.2, 0) is 14.3 Å². The van der Waals surface area contributed by atoms with Crippen molar-refractivity contribution in [1.82, 2.24) is 5.32 Å². The lowest BCUT2D eigenvalue weighted by Crippen LogP contribution is -2.40. The van der Waals surface area contributed by atoms with E-state index in [1.165, 1.54) is 13.2 Å². The molecule has 0 saturated heterocycles. The molecule has 0 saturated carbocycles. The van der Waals surface area contributed by atoms with Crippen LogP contribution in [-0.4, -0.2) is 36.7 Å². The van der Waals surface area contributed by atoms with E-state index >= 15 is 0 Å². The molecule has 0 fully saturated rings. The standard InChI is InChI=1S/C14H16BrNO4/c1-20-8-7-12(14(18)19)16-13(17)6-5-10-3-2-4-11(15)9-10/h2-6,9,12H,7-8H2,1H3,(H,16,17)(H,18,19). The molecule has 2 N–H and O–H groups in total. The van der Waals surface area contributed by atoms with E-state index in [4.69, 9.17) is 9.84 Å². The van der Waals surface area contributed by atoms with E-state index in [1.54, 1.807) is 6.08 Å². The van der Waals surface area contributed by atoms with Crippen LogP contribution in [0.25, 0.3) is 6.08 Å². The van der Waals surface area contributed by atoms with Gasteiger partial charge in [0.15, 0.2) is 0 Å². The summed E-state index contributed by atoms with van der Waals surface area (Å²) in [5.74, 6) is -1.53. The van der Waals surface area contributed by atoms with Crippen molar-refractivity contribution in [2.24, 2.45) is 0 Å². The lowest BCUT2D eigenvalue weighted by Gasteiger charge is -2.12. The Kier molecular flexibility index (Phi) is 6.97. The third kappa shape index (κ3) is 5.99. The van der Waals surface area contributed by atoms with Gasteiger partial charge in [-0.25, -0.2) is 4.79 Å². The topological polar surface area (TPSA) is 75.6 Å². The molecule has 1 aromatic rings. The number of amides is 1. The maximum absolute atomic E-state index is 11.7. The number of hydrogen-bond acceptors (Lipinski definition) is 3. The largest absolute Gasteiger partial charge is 0.480 e. The van der Waals surface area contributed by atoms with Gasteiger partial charge in [0.05, 0.1) is 0 Å². The zero-order valence-electron chi connectivity index (χ0n) is 11.0. The van der Waals surface area contributed by atoms with E-state index in [-0.39, 0.29) is 13.0 Å². The number of carboxylic acid groups (broad SMARTS) is 1. The molecule has 5 nitrogen and oxygen atoms in total. The van der Waals surface area contributed by atoms with Crippen LogP contribution in [0.2, 0.25) is 0 Å². The highest BCUT2D eigenvalue weighted by atomic mass is 79.9. The molecule has 0 aromatic heterocycles. The Morgan fingerprint density at radius 3 is 2.85 bits per heavy atom. The Morgan fingerprint density at radius 1 is 1.50 bits per heavy atom. The van der Waals surface area contributed by atoms with Crippen molar-refractivity contribution < 1.29 is 19.4 Å². The van der Waals surface area contributed by atoms with Crippen molar-refractivity contribution in [1.29, 1.82) is 0 Å². The molecule has 0 heterocycles. The highest BCUT2D eigenvalue weighted by Crippen LogP contribution is 2.12. The van der Waals surface area contributed by atoms with Gasteiger partial charge in [0.2, 0.25) is 5.91 Å². The molecule has 1 amide bonds. The van der Waals surface area contributed by atoms with Gasteiger partial charge in [0, 0.05) is 30.7 Å². The van der Waals surface area contributed by atoms with E-state index in [2.05, 4.69) is 21.2 Å². The minimum atomic E-state index is -1.08. The summed E-state index contributed by atoms with van der Waals surface area (Å²) >= 11 is 3.33. The zero-order valence-corrected chi connectivity index (χ0v) is 12.6. The van der Waals surface area contributed by atoms with Crippen LogP contribution in [0.1, 0.15) is 12.0 Å². The monoisotopic (exact) mass is 341 g/mol. The number of ether oxygens (including phenoxy) is 1. The second-order valence-electron chi connectivity index (χ2n) is 4.07. The van der Waals surface area contributed by atoms with Gasteiger partial charge in [-0.1, -0.05) is 28.1 Å². The van der Waals surface area contributed by atoms with Gasteiger partial charge in [-0.2, -0.15) is 0 Å². The summed E-state index contributed by atoms with van der Waals surface area (Å²) in [6.45, 7) is 0.270. The van der Waals surface area contributed by atoms with Crippen molar-refractivity contribution in [3.63, 3.8) is 0 Å². The first-order valence-corrected chi connectivity index (χ1v) is 6.78. The number of rotatable bonds is 7. The number of carboxylic acids is 1. The van der Waals surface area contributed by atoms with E-state index in [0.717, 1.165) is 10.0 Å². The lowest BCUT2D eigenvalue weighted by atomic mass is 10.2. The van der Waals surface area contributed by atoms with Crippen LogP contribution in [0.5, 0.6) is 0 Å². The average Bonchev–Trinajstić information content (AvgIpc) is 2.41. The molecule has 0 radical (unpaired) electrons. The molecule has 1 unspecified atom stereocenters. The molecule has 0 bridgehead atoms. The quantitative estimate of drug-likeness (QED) is 0.744. The Hall–Kier alpha value is -1.66.